The van der Waals surface area contributed by atoms with Gasteiger partial charge in [-0.1, -0.05) is 20.8 Å². The third-order valence-electron chi connectivity index (χ3n) is 6.20. The number of carbonyl (C=O) groups is 1. The van der Waals surface area contributed by atoms with Crippen molar-refractivity contribution in [2.75, 3.05) is 32.8 Å². The molecule has 2 aliphatic heterocycles. The lowest BCUT2D eigenvalue weighted by Crippen LogP contribution is -2.80. The smallest absolute Gasteiger partial charge is 0.241 e. The Morgan fingerprint density at radius 2 is 2.19 bits per heavy atom. The first-order chi connectivity index (χ1) is 9.91. The van der Waals surface area contributed by atoms with Gasteiger partial charge in [-0.3, -0.25) is 4.79 Å². The lowest BCUT2D eigenvalue weighted by molar-refractivity contribution is -0.175. The molecular formula is C16H29N3O2. The van der Waals surface area contributed by atoms with E-state index in [1.165, 1.54) is 6.42 Å². The topological polar surface area (TPSA) is 67.6 Å². The molecule has 3 N–H and O–H groups in total. The van der Waals surface area contributed by atoms with E-state index in [0.29, 0.717) is 5.92 Å². The zero-order valence-corrected chi connectivity index (χ0v) is 13.5. The first kappa shape index (κ1) is 15.3. The van der Waals surface area contributed by atoms with Crippen molar-refractivity contribution in [1.82, 2.24) is 10.2 Å². The van der Waals surface area contributed by atoms with Gasteiger partial charge in [0.2, 0.25) is 5.91 Å². The van der Waals surface area contributed by atoms with Crippen LogP contribution >= 0.6 is 0 Å². The van der Waals surface area contributed by atoms with Crippen molar-refractivity contribution in [1.29, 1.82) is 0 Å². The maximum atomic E-state index is 12.7. The SMILES string of the molecule is CCN1CCC(CNC(=O)C2(N)C3CCOC3C2(C)C)C1. The summed E-state index contributed by atoms with van der Waals surface area (Å²) in [4.78, 5) is 15.1. The molecule has 0 aromatic rings. The van der Waals surface area contributed by atoms with E-state index in [4.69, 9.17) is 10.5 Å². The molecule has 0 radical (unpaired) electrons. The van der Waals surface area contributed by atoms with E-state index in [-0.39, 0.29) is 23.3 Å². The third kappa shape index (κ3) is 2.13. The number of amides is 1. The zero-order chi connectivity index (χ0) is 15.3. The molecule has 4 atom stereocenters. The van der Waals surface area contributed by atoms with Gasteiger partial charge < -0.3 is 20.7 Å². The number of hydrogen-bond donors (Lipinski definition) is 2. The molecule has 4 unspecified atom stereocenters. The predicted molar refractivity (Wildman–Crippen MR) is 81.8 cm³/mol. The van der Waals surface area contributed by atoms with Crippen LogP contribution in [-0.2, 0) is 9.53 Å². The van der Waals surface area contributed by atoms with Crippen LogP contribution in [0, 0.1) is 17.3 Å². The van der Waals surface area contributed by atoms with E-state index in [1.807, 2.05) is 0 Å². The summed E-state index contributed by atoms with van der Waals surface area (Å²) in [5, 5.41) is 3.13. The summed E-state index contributed by atoms with van der Waals surface area (Å²) in [5.74, 6) is 0.772. The van der Waals surface area contributed by atoms with E-state index >= 15 is 0 Å². The minimum absolute atomic E-state index is 0.0224. The summed E-state index contributed by atoms with van der Waals surface area (Å²) in [6.45, 7) is 11.1. The van der Waals surface area contributed by atoms with Crippen LogP contribution in [-0.4, -0.2) is 55.2 Å². The average molecular weight is 295 g/mol. The van der Waals surface area contributed by atoms with E-state index in [9.17, 15) is 4.79 Å². The Kier molecular flexibility index (Phi) is 3.79. The fourth-order valence-electron chi connectivity index (χ4n) is 4.60. The van der Waals surface area contributed by atoms with Gasteiger partial charge in [0.15, 0.2) is 0 Å². The molecule has 5 heteroatoms. The van der Waals surface area contributed by atoms with Crippen molar-refractivity contribution in [2.24, 2.45) is 23.0 Å². The van der Waals surface area contributed by atoms with Crippen molar-refractivity contribution in [3.05, 3.63) is 0 Å². The molecule has 3 fully saturated rings. The Morgan fingerprint density at radius 1 is 1.43 bits per heavy atom. The van der Waals surface area contributed by atoms with Crippen molar-refractivity contribution in [3.63, 3.8) is 0 Å². The van der Waals surface area contributed by atoms with Gasteiger partial charge in [0.1, 0.15) is 5.54 Å². The summed E-state index contributed by atoms with van der Waals surface area (Å²) in [5.41, 5.74) is 5.50. The van der Waals surface area contributed by atoms with Crippen LogP contribution in [0.4, 0.5) is 0 Å². The van der Waals surface area contributed by atoms with Gasteiger partial charge >= 0.3 is 0 Å². The monoisotopic (exact) mass is 295 g/mol. The number of rotatable bonds is 4. The van der Waals surface area contributed by atoms with Gasteiger partial charge in [-0.25, -0.2) is 0 Å². The minimum atomic E-state index is -0.767. The van der Waals surface area contributed by atoms with Gasteiger partial charge in [-0.05, 0) is 31.8 Å². The van der Waals surface area contributed by atoms with Gasteiger partial charge in [0, 0.05) is 31.0 Å². The van der Waals surface area contributed by atoms with Crippen molar-refractivity contribution in [2.45, 2.75) is 45.3 Å². The van der Waals surface area contributed by atoms with Gasteiger partial charge in [-0.2, -0.15) is 0 Å². The molecule has 0 spiro atoms. The number of nitrogens with two attached hydrogens (primary N) is 1. The molecule has 0 bridgehead atoms. The van der Waals surface area contributed by atoms with Crippen LogP contribution in [0.5, 0.6) is 0 Å². The first-order valence-electron chi connectivity index (χ1n) is 8.32. The highest BCUT2D eigenvalue weighted by Crippen LogP contribution is 2.58. The molecule has 1 saturated carbocycles. The first-order valence-corrected chi connectivity index (χ1v) is 8.32. The molecule has 21 heavy (non-hydrogen) atoms. The number of ether oxygens (including phenoxy) is 1. The minimum Gasteiger partial charge on any atom is -0.377 e. The zero-order valence-electron chi connectivity index (χ0n) is 13.5. The summed E-state index contributed by atoms with van der Waals surface area (Å²) in [7, 11) is 0. The van der Waals surface area contributed by atoms with E-state index in [0.717, 1.165) is 39.2 Å². The number of carbonyl (C=O) groups excluding carboxylic acids is 1. The molecule has 1 aliphatic carbocycles. The number of nitrogens with one attached hydrogen (secondary N) is 1. The summed E-state index contributed by atoms with van der Waals surface area (Å²) in [6.07, 6.45) is 2.23. The Bertz CT molecular complexity index is 426. The highest BCUT2D eigenvalue weighted by Gasteiger charge is 2.71. The van der Waals surface area contributed by atoms with Gasteiger partial charge in [-0.15, -0.1) is 0 Å². The molecular weight excluding hydrogens is 266 g/mol. The fraction of sp³-hybridized carbons (Fsp3) is 0.938. The molecule has 3 aliphatic rings. The number of hydrogen-bond acceptors (Lipinski definition) is 4. The molecule has 0 aromatic carbocycles. The molecule has 2 saturated heterocycles. The molecule has 120 valence electrons. The second-order valence-electron chi connectivity index (χ2n) is 7.54. The highest BCUT2D eigenvalue weighted by atomic mass is 16.5. The van der Waals surface area contributed by atoms with Crippen LogP contribution in [0.15, 0.2) is 0 Å². The Hall–Kier alpha value is -0.650. The fourth-order valence-corrected chi connectivity index (χ4v) is 4.60. The summed E-state index contributed by atoms with van der Waals surface area (Å²) < 4.78 is 5.75. The molecule has 2 heterocycles. The predicted octanol–water partition coefficient (Wildman–Crippen LogP) is 0.587. The number of likely N-dealkylation sites (tertiary alicyclic amines) is 1. The molecule has 1 amide bonds. The Balaban J connectivity index is 1.58. The standard InChI is InChI=1S/C16H29N3O2/c1-4-19-7-5-11(10-19)9-18-14(20)16(17)12-6-8-21-13(12)15(16,2)3/h11-13H,4-10,17H2,1-3H3,(H,18,20). The van der Waals surface area contributed by atoms with Crippen molar-refractivity contribution in [3.8, 4) is 0 Å². The van der Waals surface area contributed by atoms with Gasteiger partial charge in [0.05, 0.1) is 6.10 Å². The van der Waals surface area contributed by atoms with E-state index in [1.54, 1.807) is 0 Å². The number of nitrogens with zero attached hydrogens (tertiary/aromatic N) is 1. The summed E-state index contributed by atoms with van der Waals surface area (Å²) in [6, 6.07) is 0. The van der Waals surface area contributed by atoms with Crippen LogP contribution in [0.25, 0.3) is 0 Å². The van der Waals surface area contributed by atoms with Crippen molar-refractivity contribution < 1.29 is 9.53 Å². The quantitative estimate of drug-likeness (QED) is 0.796. The van der Waals surface area contributed by atoms with Crippen LogP contribution < -0.4 is 11.1 Å². The van der Waals surface area contributed by atoms with Crippen molar-refractivity contribution >= 4 is 5.91 Å². The van der Waals surface area contributed by atoms with E-state index in [2.05, 4.69) is 31.0 Å². The lowest BCUT2D eigenvalue weighted by Gasteiger charge is -2.60. The molecule has 0 aromatic heterocycles. The van der Waals surface area contributed by atoms with Crippen LogP contribution in [0.3, 0.4) is 0 Å². The Morgan fingerprint density at radius 3 is 2.86 bits per heavy atom. The average Bonchev–Trinajstić information content (AvgIpc) is 3.11. The highest BCUT2D eigenvalue weighted by molar-refractivity contribution is 5.89. The summed E-state index contributed by atoms with van der Waals surface area (Å²) >= 11 is 0. The maximum Gasteiger partial charge on any atom is 0.241 e. The second kappa shape index (κ2) is 5.21. The maximum absolute atomic E-state index is 12.7. The van der Waals surface area contributed by atoms with Crippen LogP contribution in [0.1, 0.15) is 33.6 Å². The Labute approximate surface area is 127 Å². The van der Waals surface area contributed by atoms with Crippen LogP contribution in [0.2, 0.25) is 0 Å². The number of fused-ring (bicyclic) bond motifs is 1. The molecule has 5 nitrogen and oxygen atoms in total. The normalized spacial score (nSPS) is 41.6. The third-order valence-corrected chi connectivity index (χ3v) is 6.20. The second-order valence-corrected chi connectivity index (χ2v) is 7.54. The van der Waals surface area contributed by atoms with E-state index < -0.39 is 5.54 Å². The largest absolute Gasteiger partial charge is 0.377 e. The molecule has 3 rings (SSSR count). The van der Waals surface area contributed by atoms with Gasteiger partial charge in [0.25, 0.3) is 0 Å². The lowest BCUT2D eigenvalue weighted by atomic mass is 9.48.